The Hall–Kier alpha value is -4.21. The van der Waals surface area contributed by atoms with Crippen LogP contribution in [0.4, 0.5) is 10.1 Å². The van der Waals surface area contributed by atoms with Gasteiger partial charge in [0.15, 0.2) is 0 Å². The lowest BCUT2D eigenvalue weighted by Gasteiger charge is -2.34. The molecule has 0 aliphatic rings. The number of benzene rings is 4. The molecule has 4 aromatic carbocycles. The van der Waals surface area contributed by atoms with Crippen LogP contribution >= 0.6 is 11.6 Å². The van der Waals surface area contributed by atoms with Gasteiger partial charge in [0.2, 0.25) is 11.8 Å². The highest BCUT2D eigenvalue weighted by Gasteiger charge is 2.34. The number of carbonyl (C=O) groups excluding carboxylic acids is 2. The molecule has 0 saturated carbocycles. The number of hydrogen-bond donors (Lipinski definition) is 1. The van der Waals surface area contributed by atoms with E-state index < -0.39 is 34.3 Å². The van der Waals surface area contributed by atoms with Crippen molar-refractivity contribution in [3.63, 3.8) is 0 Å². The zero-order valence-electron chi connectivity index (χ0n) is 25.3. The van der Waals surface area contributed by atoms with Crippen molar-refractivity contribution < 1.29 is 22.4 Å². The summed E-state index contributed by atoms with van der Waals surface area (Å²) in [6.45, 7) is 3.79. The van der Waals surface area contributed by atoms with Gasteiger partial charge in [0, 0.05) is 19.5 Å². The highest BCUT2D eigenvalue weighted by molar-refractivity contribution is 7.92. The molecule has 236 valence electrons. The van der Waals surface area contributed by atoms with Gasteiger partial charge in [-0.25, -0.2) is 12.8 Å². The predicted molar refractivity (Wildman–Crippen MR) is 176 cm³/mol. The molecule has 45 heavy (non-hydrogen) atoms. The molecule has 7 nitrogen and oxygen atoms in total. The van der Waals surface area contributed by atoms with Crippen molar-refractivity contribution >= 4 is 39.1 Å². The van der Waals surface area contributed by atoms with Crippen molar-refractivity contribution in [2.75, 3.05) is 17.4 Å². The third kappa shape index (κ3) is 8.93. The quantitative estimate of drug-likeness (QED) is 0.157. The number of amides is 2. The molecule has 0 heterocycles. The van der Waals surface area contributed by atoms with Crippen LogP contribution in [0.3, 0.4) is 0 Å². The van der Waals surface area contributed by atoms with Crippen LogP contribution in [0.1, 0.15) is 36.5 Å². The molecule has 0 saturated heterocycles. The van der Waals surface area contributed by atoms with E-state index in [4.69, 9.17) is 11.6 Å². The van der Waals surface area contributed by atoms with Crippen LogP contribution in [0.2, 0.25) is 5.02 Å². The lowest BCUT2D eigenvalue weighted by Crippen LogP contribution is -2.53. The number of aryl methyl sites for hydroxylation is 1. The molecule has 1 atom stereocenters. The number of nitrogens with zero attached hydrogens (tertiary/aromatic N) is 2. The van der Waals surface area contributed by atoms with Crippen LogP contribution in [0, 0.1) is 12.7 Å². The summed E-state index contributed by atoms with van der Waals surface area (Å²) in [5.74, 6) is -1.67. The standard InChI is InChI=1S/C35H37ClFN3O4S/c1-3-4-20-38-35(42)33(22-27-13-7-5-8-14-27)39(24-28-15-11-12-26(2)21-28)34(41)25-40(29-18-19-32(37)31(36)23-29)45(43,44)30-16-9-6-10-17-30/h5-19,21,23,33H,3-4,20,22,24-25H2,1-2H3,(H,38,42)/t33-/m1/s1. The summed E-state index contributed by atoms with van der Waals surface area (Å²) in [5, 5.41) is 2.68. The van der Waals surface area contributed by atoms with Gasteiger partial charge in [-0.15, -0.1) is 0 Å². The zero-order valence-corrected chi connectivity index (χ0v) is 26.9. The van der Waals surface area contributed by atoms with Crippen molar-refractivity contribution in [1.82, 2.24) is 10.2 Å². The van der Waals surface area contributed by atoms with Crippen LogP contribution < -0.4 is 9.62 Å². The highest BCUT2D eigenvalue weighted by Crippen LogP contribution is 2.28. The molecule has 0 bridgehead atoms. The van der Waals surface area contributed by atoms with E-state index in [0.717, 1.165) is 39.9 Å². The zero-order chi connectivity index (χ0) is 32.4. The first-order valence-corrected chi connectivity index (χ1v) is 16.6. The fourth-order valence-corrected chi connectivity index (χ4v) is 6.56. The SMILES string of the molecule is CCCCNC(=O)[C@@H](Cc1ccccc1)N(Cc1cccc(C)c1)C(=O)CN(c1ccc(F)c(Cl)c1)S(=O)(=O)c1ccccc1. The van der Waals surface area contributed by atoms with Gasteiger partial charge in [-0.05, 0) is 54.8 Å². The van der Waals surface area contributed by atoms with Gasteiger partial charge in [-0.3, -0.25) is 13.9 Å². The number of rotatable bonds is 14. The van der Waals surface area contributed by atoms with Crippen molar-refractivity contribution in [3.8, 4) is 0 Å². The van der Waals surface area contributed by atoms with Crippen LogP contribution in [0.15, 0.2) is 108 Å². The average Bonchev–Trinajstić information content (AvgIpc) is 3.03. The van der Waals surface area contributed by atoms with Gasteiger partial charge < -0.3 is 10.2 Å². The highest BCUT2D eigenvalue weighted by atomic mass is 35.5. The molecule has 0 aliphatic carbocycles. The molecule has 4 aromatic rings. The Kier molecular flexibility index (Phi) is 11.7. The van der Waals surface area contributed by atoms with Crippen LogP contribution in [0.5, 0.6) is 0 Å². The monoisotopic (exact) mass is 649 g/mol. The lowest BCUT2D eigenvalue weighted by molar-refractivity contribution is -0.140. The van der Waals surface area contributed by atoms with Gasteiger partial charge in [-0.1, -0.05) is 103 Å². The Morgan fingerprint density at radius 2 is 1.56 bits per heavy atom. The minimum absolute atomic E-state index is 0.0149. The fraction of sp³-hybridized carbons (Fsp3) is 0.257. The Labute approximate surface area is 269 Å². The van der Waals surface area contributed by atoms with Gasteiger partial charge in [-0.2, -0.15) is 0 Å². The van der Waals surface area contributed by atoms with Gasteiger partial charge in [0.1, 0.15) is 18.4 Å². The molecule has 0 aromatic heterocycles. The summed E-state index contributed by atoms with van der Waals surface area (Å²) in [7, 11) is -4.31. The molecule has 0 radical (unpaired) electrons. The van der Waals surface area contributed by atoms with E-state index in [-0.39, 0.29) is 34.5 Å². The van der Waals surface area contributed by atoms with Crippen LogP contribution in [0.25, 0.3) is 0 Å². The van der Waals surface area contributed by atoms with E-state index in [1.54, 1.807) is 18.2 Å². The number of anilines is 1. The average molecular weight is 650 g/mol. The molecule has 0 aliphatic heterocycles. The number of halogens is 2. The molecular formula is C35H37ClFN3O4S. The molecule has 0 unspecified atom stereocenters. The second kappa shape index (κ2) is 15.7. The third-order valence-corrected chi connectivity index (χ3v) is 9.42. The third-order valence-electron chi connectivity index (χ3n) is 7.34. The van der Waals surface area contributed by atoms with Crippen molar-refractivity contribution in [1.29, 1.82) is 0 Å². The molecule has 1 N–H and O–H groups in total. The molecule has 4 rings (SSSR count). The number of sulfonamides is 1. The number of carbonyl (C=O) groups is 2. The smallest absolute Gasteiger partial charge is 0.264 e. The second-order valence-electron chi connectivity index (χ2n) is 10.8. The normalized spacial score (nSPS) is 11.9. The van der Waals surface area contributed by atoms with E-state index in [1.165, 1.54) is 29.2 Å². The lowest BCUT2D eigenvalue weighted by atomic mass is 10.0. The van der Waals surface area contributed by atoms with Crippen molar-refractivity contribution in [2.45, 2.75) is 50.6 Å². The Morgan fingerprint density at radius 1 is 0.889 bits per heavy atom. The number of nitrogens with one attached hydrogen (secondary N) is 1. The molecule has 10 heteroatoms. The maximum Gasteiger partial charge on any atom is 0.264 e. The van der Waals surface area contributed by atoms with Crippen LogP contribution in [-0.2, 0) is 32.6 Å². The summed E-state index contributed by atoms with van der Waals surface area (Å²) in [6.07, 6.45) is 1.86. The van der Waals surface area contributed by atoms with Crippen molar-refractivity contribution in [3.05, 3.63) is 131 Å². The molecular weight excluding hydrogens is 613 g/mol. The summed E-state index contributed by atoms with van der Waals surface area (Å²) >= 11 is 6.07. The topological polar surface area (TPSA) is 86.8 Å². The maximum atomic E-state index is 14.4. The minimum Gasteiger partial charge on any atom is -0.354 e. The van der Waals surface area contributed by atoms with E-state index in [9.17, 15) is 22.4 Å². The van der Waals surface area contributed by atoms with E-state index >= 15 is 0 Å². The van der Waals surface area contributed by atoms with Crippen LogP contribution in [-0.4, -0.2) is 44.3 Å². The number of unbranched alkanes of at least 4 members (excludes halogenated alkanes) is 1. The largest absolute Gasteiger partial charge is 0.354 e. The summed E-state index contributed by atoms with van der Waals surface area (Å²) < 4.78 is 43.1. The van der Waals surface area contributed by atoms with E-state index in [2.05, 4.69) is 5.32 Å². The van der Waals surface area contributed by atoms with Gasteiger partial charge in [0.05, 0.1) is 15.6 Å². The predicted octanol–water partition coefficient (Wildman–Crippen LogP) is 6.54. The van der Waals surface area contributed by atoms with E-state index in [1.807, 2.05) is 68.4 Å². The Bertz CT molecular complexity index is 1700. The molecule has 2 amide bonds. The van der Waals surface area contributed by atoms with Gasteiger partial charge >= 0.3 is 0 Å². The Balaban J connectivity index is 1.80. The molecule has 0 spiro atoms. The molecule has 0 fully saturated rings. The fourth-order valence-electron chi connectivity index (χ4n) is 4.96. The Morgan fingerprint density at radius 3 is 2.20 bits per heavy atom. The maximum absolute atomic E-state index is 14.4. The summed E-state index contributed by atoms with van der Waals surface area (Å²) in [5.41, 5.74) is 2.61. The van der Waals surface area contributed by atoms with Crippen molar-refractivity contribution in [2.24, 2.45) is 0 Å². The first kappa shape index (κ1) is 33.7. The first-order chi connectivity index (χ1) is 21.6. The number of hydrogen-bond acceptors (Lipinski definition) is 4. The van der Waals surface area contributed by atoms with E-state index in [0.29, 0.717) is 6.54 Å². The second-order valence-corrected chi connectivity index (χ2v) is 13.1. The summed E-state index contributed by atoms with van der Waals surface area (Å²) in [4.78, 5) is 29.6. The van der Waals surface area contributed by atoms with Gasteiger partial charge in [0.25, 0.3) is 10.0 Å². The summed E-state index contributed by atoms with van der Waals surface area (Å²) in [6, 6.07) is 27.2. The minimum atomic E-state index is -4.31. The first-order valence-electron chi connectivity index (χ1n) is 14.8.